The van der Waals surface area contributed by atoms with Crippen molar-refractivity contribution in [3.63, 3.8) is 0 Å². The predicted molar refractivity (Wildman–Crippen MR) is 78.2 cm³/mol. The second-order valence-corrected chi connectivity index (χ2v) is 6.20. The van der Waals surface area contributed by atoms with Crippen molar-refractivity contribution in [2.45, 2.75) is 58.2 Å². The molecule has 1 aliphatic rings. The molecule has 0 spiro atoms. The maximum atomic E-state index is 10.8. The van der Waals surface area contributed by atoms with E-state index in [0.717, 1.165) is 37.2 Å². The molecule has 0 aliphatic heterocycles. The normalized spacial score (nSPS) is 29.2. The van der Waals surface area contributed by atoms with Gasteiger partial charge >= 0.3 is 0 Å². The van der Waals surface area contributed by atoms with E-state index in [1.165, 1.54) is 11.1 Å². The molecule has 19 heavy (non-hydrogen) atoms. The molecular formula is C17H26O2. The van der Waals surface area contributed by atoms with Crippen LogP contribution in [-0.4, -0.2) is 17.8 Å². The Labute approximate surface area is 116 Å². The van der Waals surface area contributed by atoms with Gasteiger partial charge in [0.2, 0.25) is 0 Å². The first-order valence-corrected chi connectivity index (χ1v) is 7.29. The van der Waals surface area contributed by atoms with E-state index in [1.54, 1.807) is 7.11 Å². The number of hydrogen-bond donors (Lipinski definition) is 1. The van der Waals surface area contributed by atoms with Crippen molar-refractivity contribution in [2.24, 2.45) is 5.92 Å². The van der Waals surface area contributed by atoms with Crippen molar-refractivity contribution in [1.29, 1.82) is 0 Å². The SMILES string of the molecule is COC1(C(O)c2ccc(C)c(C)c2)CCC(C)CC1. The summed E-state index contributed by atoms with van der Waals surface area (Å²) in [7, 11) is 1.74. The third kappa shape index (κ3) is 2.85. The van der Waals surface area contributed by atoms with E-state index in [1.807, 2.05) is 6.07 Å². The van der Waals surface area contributed by atoms with Crippen LogP contribution < -0.4 is 0 Å². The Balaban J connectivity index is 2.25. The Morgan fingerprint density at radius 2 is 1.84 bits per heavy atom. The number of methoxy groups -OCH3 is 1. The topological polar surface area (TPSA) is 29.5 Å². The van der Waals surface area contributed by atoms with E-state index < -0.39 is 11.7 Å². The molecule has 1 saturated carbocycles. The highest BCUT2D eigenvalue weighted by Crippen LogP contribution is 2.43. The van der Waals surface area contributed by atoms with E-state index in [2.05, 4.69) is 32.9 Å². The number of hydrogen-bond acceptors (Lipinski definition) is 2. The molecule has 0 bridgehead atoms. The fourth-order valence-electron chi connectivity index (χ4n) is 3.08. The standard InChI is InChI=1S/C17H26O2/c1-12-7-9-17(19-4,10-8-12)16(18)15-6-5-13(2)14(3)11-15/h5-6,11-12,16,18H,7-10H2,1-4H3. The number of aryl methyl sites for hydroxylation is 2. The van der Waals surface area contributed by atoms with Crippen molar-refractivity contribution in [1.82, 2.24) is 0 Å². The van der Waals surface area contributed by atoms with E-state index in [0.29, 0.717) is 0 Å². The number of benzene rings is 1. The fraction of sp³-hybridized carbons (Fsp3) is 0.647. The zero-order valence-electron chi connectivity index (χ0n) is 12.6. The number of rotatable bonds is 3. The van der Waals surface area contributed by atoms with Gasteiger partial charge < -0.3 is 9.84 Å². The molecule has 1 N–H and O–H groups in total. The van der Waals surface area contributed by atoms with Crippen molar-refractivity contribution in [3.05, 3.63) is 34.9 Å². The molecule has 1 unspecified atom stereocenters. The van der Waals surface area contributed by atoms with Gasteiger partial charge in [0.25, 0.3) is 0 Å². The summed E-state index contributed by atoms with van der Waals surface area (Å²) >= 11 is 0. The maximum Gasteiger partial charge on any atom is 0.108 e. The van der Waals surface area contributed by atoms with E-state index in [-0.39, 0.29) is 0 Å². The molecule has 1 fully saturated rings. The van der Waals surface area contributed by atoms with Gasteiger partial charge in [0, 0.05) is 7.11 Å². The van der Waals surface area contributed by atoms with Crippen LogP contribution in [0.1, 0.15) is 55.4 Å². The first-order chi connectivity index (χ1) is 8.98. The average molecular weight is 262 g/mol. The quantitative estimate of drug-likeness (QED) is 0.894. The highest BCUT2D eigenvalue weighted by atomic mass is 16.5. The Bertz CT molecular complexity index is 431. The second kappa shape index (κ2) is 5.64. The Kier molecular flexibility index (Phi) is 4.32. The Morgan fingerprint density at radius 3 is 2.37 bits per heavy atom. The minimum Gasteiger partial charge on any atom is -0.385 e. The second-order valence-electron chi connectivity index (χ2n) is 6.20. The summed E-state index contributed by atoms with van der Waals surface area (Å²) in [4.78, 5) is 0. The fourth-order valence-corrected chi connectivity index (χ4v) is 3.08. The van der Waals surface area contributed by atoms with Crippen LogP contribution in [0, 0.1) is 19.8 Å². The number of aliphatic hydroxyl groups is 1. The molecule has 0 heterocycles. The Morgan fingerprint density at radius 1 is 1.21 bits per heavy atom. The van der Waals surface area contributed by atoms with Gasteiger partial charge in [-0.15, -0.1) is 0 Å². The van der Waals surface area contributed by atoms with Crippen LogP contribution in [0.15, 0.2) is 18.2 Å². The largest absolute Gasteiger partial charge is 0.385 e. The summed E-state index contributed by atoms with van der Waals surface area (Å²) in [6, 6.07) is 6.22. The highest BCUT2D eigenvalue weighted by molar-refractivity contribution is 5.32. The maximum absolute atomic E-state index is 10.8. The smallest absolute Gasteiger partial charge is 0.108 e. The van der Waals surface area contributed by atoms with E-state index in [9.17, 15) is 5.11 Å². The molecule has 0 amide bonds. The van der Waals surface area contributed by atoms with Crippen LogP contribution >= 0.6 is 0 Å². The molecule has 2 heteroatoms. The van der Waals surface area contributed by atoms with Crippen LogP contribution in [0.2, 0.25) is 0 Å². The van der Waals surface area contributed by atoms with Crippen LogP contribution in [-0.2, 0) is 4.74 Å². The lowest BCUT2D eigenvalue weighted by molar-refractivity contribution is -0.130. The number of aliphatic hydroxyl groups excluding tert-OH is 1. The molecule has 106 valence electrons. The zero-order valence-corrected chi connectivity index (χ0v) is 12.6. The lowest BCUT2D eigenvalue weighted by atomic mass is 9.74. The monoisotopic (exact) mass is 262 g/mol. The first kappa shape index (κ1) is 14.5. The van der Waals surface area contributed by atoms with Crippen LogP contribution in [0.4, 0.5) is 0 Å². The van der Waals surface area contributed by atoms with Gasteiger partial charge in [-0.25, -0.2) is 0 Å². The van der Waals surface area contributed by atoms with Gasteiger partial charge in [-0.2, -0.15) is 0 Å². The van der Waals surface area contributed by atoms with Crippen LogP contribution in [0.25, 0.3) is 0 Å². The third-order valence-electron chi connectivity index (χ3n) is 4.87. The predicted octanol–water partition coefficient (Wildman–Crippen LogP) is 3.93. The number of ether oxygens (including phenoxy) is 1. The summed E-state index contributed by atoms with van der Waals surface area (Å²) < 4.78 is 5.76. The molecule has 0 aromatic heterocycles. The first-order valence-electron chi connectivity index (χ1n) is 7.29. The lowest BCUT2D eigenvalue weighted by Gasteiger charge is -2.42. The molecule has 2 rings (SSSR count). The van der Waals surface area contributed by atoms with Gasteiger partial charge in [0.1, 0.15) is 6.10 Å². The van der Waals surface area contributed by atoms with Crippen molar-refractivity contribution >= 4 is 0 Å². The molecule has 1 aliphatic carbocycles. The van der Waals surface area contributed by atoms with Crippen molar-refractivity contribution in [2.75, 3.05) is 7.11 Å². The molecule has 1 aromatic carbocycles. The summed E-state index contributed by atoms with van der Waals surface area (Å²) in [6.07, 6.45) is 3.63. The molecule has 0 radical (unpaired) electrons. The highest BCUT2D eigenvalue weighted by Gasteiger charge is 2.41. The van der Waals surface area contributed by atoms with Crippen LogP contribution in [0.3, 0.4) is 0 Å². The van der Waals surface area contributed by atoms with Gasteiger partial charge in [0.15, 0.2) is 0 Å². The zero-order chi connectivity index (χ0) is 14.0. The van der Waals surface area contributed by atoms with E-state index in [4.69, 9.17) is 4.74 Å². The molecule has 1 atom stereocenters. The molecular weight excluding hydrogens is 236 g/mol. The third-order valence-corrected chi connectivity index (χ3v) is 4.87. The molecule has 2 nitrogen and oxygen atoms in total. The van der Waals surface area contributed by atoms with Gasteiger partial charge in [0.05, 0.1) is 5.60 Å². The summed E-state index contributed by atoms with van der Waals surface area (Å²) in [5.41, 5.74) is 3.08. The van der Waals surface area contributed by atoms with Crippen LogP contribution in [0.5, 0.6) is 0 Å². The van der Waals surface area contributed by atoms with Gasteiger partial charge in [-0.1, -0.05) is 25.1 Å². The van der Waals surface area contributed by atoms with Gasteiger partial charge in [-0.05, 0) is 62.1 Å². The Hall–Kier alpha value is -0.860. The molecule has 0 saturated heterocycles. The van der Waals surface area contributed by atoms with E-state index >= 15 is 0 Å². The van der Waals surface area contributed by atoms with Crippen molar-refractivity contribution in [3.8, 4) is 0 Å². The molecule has 1 aromatic rings. The van der Waals surface area contributed by atoms with Crippen molar-refractivity contribution < 1.29 is 9.84 Å². The summed E-state index contributed by atoms with van der Waals surface area (Å²) in [5, 5.41) is 10.8. The minimum atomic E-state index is -0.524. The lowest BCUT2D eigenvalue weighted by Crippen LogP contribution is -2.41. The summed E-state index contributed by atoms with van der Waals surface area (Å²) in [6.45, 7) is 6.47. The summed E-state index contributed by atoms with van der Waals surface area (Å²) in [5.74, 6) is 0.746. The van der Waals surface area contributed by atoms with Gasteiger partial charge in [-0.3, -0.25) is 0 Å². The minimum absolute atomic E-state index is 0.395. The average Bonchev–Trinajstić information content (AvgIpc) is 2.42.